The average Bonchev–Trinajstić information content (AvgIpc) is 2.10. The zero-order valence-electron chi connectivity index (χ0n) is 7.13. The van der Waals surface area contributed by atoms with E-state index in [1.165, 1.54) is 0 Å². The first-order valence-corrected chi connectivity index (χ1v) is 5.23. The second-order valence-electron chi connectivity index (χ2n) is 2.86. The summed E-state index contributed by atoms with van der Waals surface area (Å²) in [5, 5.41) is 0.698. The summed E-state index contributed by atoms with van der Waals surface area (Å²) in [5.41, 5.74) is 12.4. The third-order valence-corrected chi connectivity index (χ3v) is 3.06. The lowest BCUT2D eigenvalue weighted by Crippen LogP contribution is -2.15. The Balaban J connectivity index is 2.84. The molecular formula is C9H12BrClN2. The first kappa shape index (κ1) is 11.0. The Morgan fingerprint density at radius 2 is 2.15 bits per heavy atom. The number of halogens is 2. The molecule has 0 fully saturated rings. The molecule has 0 saturated heterocycles. The fraction of sp³-hybridized carbons (Fsp3) is 0.333. The van der Waals surface area contributed by atoms with Crippen molar-refractivity contribution < 1.29 is 0 Å². The normalized spacial score (nSPS) is 12.9. The van der Waals surface area contributed by atoms with Crippen molar-refractivity contribution in [1.82, 2.24) is 0 Å². The van der Waals surface area contributed by atoms with Crippen molar-refractivity contribution in [3.8, 4) is 0 Å². The maximum Gasteiger partial charge on any atom is 0.0548 e. The van der Waals surface area contributed by atoms with Crippen LogP contribution in [0.25, 0.3) is 0 Å². The Labute approximate surface area is 91.4 Å². The third kappa shape index (κ3) is 2.95. The molecule has 1 atom stereocenters. The highest BCUT2D eigenvalue weighted by molar-refractivity contribution is 9.10. The van der Waals surface area contributed by atoms with E-state index in [1.807, 2.05) is 18.2 Å². The minimum atomic E-state index is -0.00133. The van der Waals surface area contributed by atoms with Crippen molar-refractivity contribution in [2.75, 3.05) is 6.54 Å². The SMILES string of the molecule is NCC[C@@H](N)c1ccc(Cl)c(Br)c1. The molecule has 2 nitrogen and oxygen atoms in total. The van der Waals surface area contributed by atoms with Crippen molar-refractivity contribution in [3.05, 3.63) is 33.3 Å². The first-order chi connectivity index (χ1) is 6.15. The fourth-order valence-electron chi connectivity index (χ4n) is 1.09. The van der Waals surface area contributed by atoms with Crippen LogP contribution in [0.2, 0.25) is 5.02 Å². The third-order valence-electron chi connectivity index (χ3n) is 1.85. The van der Waals surface area contributed by atoms with Crippen molar-refractivity contribution in [1.29, 1.82) is 0 Å². The number of rotatable bonds is 3. The topological polar surface area (TPSA) is 52.0 Å². The maximum atomic E-state index is 5.88. The van der Waals surface area contributed by atoms with E-state index in [4.69, 9.17) is 23.1 Å². The van der Waals surface area contributed by atoms with Crippen LogP contribution < -0.4 is 11.5 Å². The number of hydrogen-bond acceptors (Lipinski definition) is 2. The minimum absolute atomic E-state index is 0.00133. The lowest BCUT2D eigenvalue weighted by molar-refractivity contribution is 0.661. The summed E-state index contributed by atoms with van der Waals surface area (Å²) in [6.07, 6.45) is 0.786. The van der Waals surface area contributed by atoms with Gasteiger partial charge in [0.25, 0.3) is 0 Å². The highest BCUT2D eigenvalue weighted by Gasteiger charge is 2.06. The van der Waals surface area contributed by atoms with E-state index in [0.717, 1.165) is 16.5 Å². The van der Waals surface area contributed by atoms with Gasteiger partial charge in [-0.1, -0.05) is 17.7 Å². The van der Waals surface area contributed by atoms with E-state index in [9.17, 15) is 0 Å². The van der Waals surface area contributed by atoms with Gasteiger partial charge in [0.15, 0.2) is 0 Å². The maximum absolute atomic E-state index is 5.88. The number of hydrogen-bond donors (Lipinski definition) is 2. The van der Waals surface area contributed by atoms with Crippen LogP contribution in [0.3, 0.4) is 0 Å². The van der Waals surface area contributed by atoms with Gasteiger partial charge in [-0.2, -0.15) is 0 Å². The lowest BCUT2D eigenvalue weighted by atomic mass is 10.1. The quantitative estimate of drug-likeness (QED) is 0.880. The van der Waals surface area contributed by atoms with Gasteiger partial charge in [0.05, 0.1) is 5.02 Å². The lowest BCUT2D eigenvalue weighted by Gasteiger charge is -2.11. The van der Waals surface area contributed by atoms with Gasteiger partial charge in [-0.3, -0.25) is 0 Å². The van der Waals surface area contributed by atoms with Gasteiger partial charge < -0.3 is 11.5 Å². The smallest absolute Gasteiger partial charge is 0.0548 e. The second kappa shape index (κ2) is 4.96. The first-order valence-electron chi connectivity index (χ1n) is 4.05. The Kier molecular flexibility index (Phi) is 4.19. The molecule has 0 radical (unpaired) electrons. The van der Waals surface area contributed by atoms with Gasteiger partial charge >= 0.3 is 0 Å². The molecule has 0 amide bonds. The predicted molar refractivity (Wildman–Crippen MR) is 59.8 cm³/mol. The molecule has 0 aliphatic heterocycles. The Morgan fingerprint density at radius 1 is 1.46 bits per heavy atom. The summed E-state index contributed by atoms with van der Waals surface area (Å²) in [7, 11) is 0. The summed E-state index contributed by atoms with van der Waals surface area (Å²) in [4.78, 5) is 0. The predicted octanol–water partition coefficient (Wildman–Crippen LogP) is 2.45. The Bertz CT molecular complexity index is 291. The van der Waals surface area contributed by atoms with Gasteiger partial charge in [-0.05, 0) is 46.6 Å². The average molecular weight is 264 g/mol. The molecule has 0 aliphatic rings. The van der Waals surface area contributed by atoms with Crippen LogP contribution in [-0.4, -0.2) is 6.54 Å². The highest BCUT2D eigenvalue weighted by Crippen LogP contribution is 2.26. The van der Waals surface area contributed by atoms with E-state index < -0.39 is 0 Å². The van der Waals surface area contributed by atoms with Crippen LogP contribution in [0.15, 0.2) is 22.7 Å². The van der Waals surface area contributed by atoms with Gasteiger partial charge in [0, 0.05) is 10.5 Å². The van der Waals surface area contributed by atoms with Crippen molar-refractivity contribution >= 4 is 27.5 Å². The second-order valence-corrected chi connectivity index (χ2v) is 4.12. The summed E-state index contributed by atoms with van der Waals surface area (Å²) in [6.45, 7) is 0.599. The molecule has 0 unspecified atom stereocenters. The molecule has 0 saturated carbocycles. The molecule has 72 valence electrons. The summed E-state index contributed by atoms with van der Waals surface area (Å²) in [5.74, 6) is 0. The van der Waals surface area contributed by atoms with Crippen LogP contribution in [0, 0.1) is 0 Å². The van der Waals surface area contributed by atoms with Crippen LogP contribution in [-0.2, 0) is 0 Å². The largest absolute Gasteiger partial charge is 0.330 e. The van der Waals surface area contributed by atoms with Crippen LogP contribution in [0.1, 0.15) is 18.0 Å². The fourth-order valence-corrected chi connectivity index (χ4v) is 1.60. The summed E-state index contributed by atoms with van der Waals surface area (Å²) >= 11 is 9.20. The van der Waals surface area contributed by atoms with Crippen LogP contribution in [0.4, 0.5) is 0 Å². The van der Waals surface area contributed by atoms with Crippen molar-refractivity contribution in [2.24, 2.45) is 11.5 Å². The molecule has 0 heterocycles. The summed E-state index contributed by atoms with van der Waals surface area (Å²) in [6, 6.07) is 5.69. The molecular weight excluding hydrogens is 251 g/mol. The minimum Gasteiger partial charge on any atom is -0.330 e. The van der Waals surface area contributed by atoms with Gasteiger partial charge in [0.2, 0.25) is 0 Å². The molecule has 1 aromatic carbocycles. The molecule has 1 rings (SSSR count). The van der Waals surface area contributed by atoms with E-state index in [0.29, 0.717) is 11.6 Å². The van der Waals surface area contributed by atoms with Crippen molar-refractivity contribution in [2.45, 2.75) is 12.5 Å². The van der Waals surface area contributed by atoms with Crippen LogP contribution in [0.5, 0.6) is 0 Å². The summed E-state index contributed by atoms with van der Waals surface area (Å²) < 4.78 is 0.874. The Hall–Kier alpha value is -0.0900. The van der Waals surface area contributed by atoms with E-state index in [-0.39, 0.29) is 6.04 Å². The Morgan fingerprint density at radius 3 is 2.69 bits per heavy atom. The molecule has 0 aromatic heterocycles. The number of benzene rings is 1. The molecule has 4 heteroatoms. The molecule has 0 aliphatic carbocycles. The van der Waals surface area contributed by atoms with Crippen LogP contribution >= 0.6 is 27.5 Å². The molecule has 13 heavy (non-hydrogen) atoms. The molecule has 1 aromatic rings. The highest BCUT2D eigenvalue weighted by atomic mass is 79.9. The van der Waals surface area contributed by atoms with Gasteiger partial charge in [-0.15, -0.1) is 0 Å². The van der Waals surface area contributed by atoms with Crippen molar-refractivity contribution in [3.63, 3.8) is 0 Å². The molecule has 0 spiro atoms. The molecule has 4 N–H and O–H groups in total. The van der Waals surface area contributed by atoms with Gasteiger partial charge in [-0.25, -0.2) is 0 Å². The monoisotopic (exact) mass is 262 g/mol. The van der Waals surface area contributed by atoms with E-state index >= 15 is 0 Å². The van der Waals surface area contributed by atoms with E-state index in [2.05, 4.69) is 15.9 Å². The zero-order valence-corrected chi connectivity index (χ0v) is 9.48. The van der Waals surface area contributed by atoms with Gasteiger partial charge in [0.1, 0.15) is 0 Å². The zero-order chi connectivity index (χ0) is 9.84. The molecule has 0 bridgehead atoms. The van der Waals surface area contributed by atoms with E-state index in [1.54, 1.807) is 0 Å². The number of nitrogens with two attached hydrogens (primary N) is 2. The standard InChI is InChI=1S/C9H12BrClN2/c10-7-5-6(1-2-8(7)11)9(13)3-4-12/h1-2,5,9H,3-4,12-13H2/t9-/m1/s1.